The van der Waals surface area contributed by atoms with Crippen LogP contribution in [-0.2, 0) is 11.3 Å². The Bertz CT molecular complexity index is 778. The predicted molar refractivity (Wildman–Crippen MR) is 108 cm³/mol. The lowest BCUT2D eigenvalue weighted by atomic mass is 10.0. The number of rotatable bonds is 5. The van der Waals surface area contributed by atoms with E-state index >= 15 is 0 Å². The molecule has 5 nitrogen and oxygen atoms in total. The summed E-state index contributed by atoms with van der Waals surface area (Å²) in [5.41, 5.74) is 0.863. The van der Waals surface area contributed by atoms with E-state index in [9.17, 15) is 4.79 Å². The van der Waals surface area contributed by atoms with Crippen LogP contribution >= 0.6 is 11.3 Å². The second kappa shape index (κ2) is 8.31. The highest BCUT2D eigenvalue weighted by atomic mass is 32.1. The number of nitrogens with zero attached hydrogens (tertiary/aromatic N) is 2. The van der Waals surface area contributed by atoms with Gasteiger partial charge < -0.3 is 14.4 Å². The Morgan fingerprint density at radius 1 is 1.22 bits per heavy atom. The zero-order chi connectivity index (χ0) is 18.6. The molecule has 0 spiro atoms. The molecule has 0 unspecified atom stereocenters. The Labute approximate surface area is 164 Å². The molecule has 144 valence electrons. The van der Waals surface area contributed by atoms with Gasteiger partial charge in [-0.15, -0.1) is 11.3 Å². The molecule has 1 amide bonds. The molecule has 0 N–H and O–H groups in total. The molecule has 1 saturated heterocycles. The van der Waals surface area contributed by atoms with E-state index in [-0.39, 0.29) is 5.91 Å². The number of carbonyl (C=O) groups excluding carboxylic acids is 1. The number of fused-ring (bicyclic) bond motifs is 1. The van der Waals surface area contributed by atoms with E-state index in [0.717, 1.165) is 18.0 Å². The summed E-state index contributed by atoms with van der Waals surface area (Å²) >= 11 is 1.68. The van der Waals surface area contributed by atoms with Crippen LogP contribution < -0.4 is 14.4 Å². The zero-order valence-electron chi connectivity index (χ0n) is 15.7. The molecule has 4 rings (SSSR count). The molecule has 0 bridgehead atoms. The minimum absolute atomic E-state index is 0.133. The Kier molecular flexibility index (Phi) is 5.64. The van der Waals surface area contributed by atoms with Crippen molar-refractivity contribution in [3.05, 3.63) is 40.6 Å². The molecule has 27 heavy (non-hydrogen) atoms. The highest BCUT2D eigenvalue weighted by Crippen LogP contribution is 2.35. The average molecular weight is 387 g/mol. The summed E-state index contributed by atoms with van der Waals surface area (Å²) in [4.78, 5) is 18.6. The summed E-state index contributed by atoms with van der Waals surface area (Å²) in [7, 11) is 0. The topological polar surface area (TPSA) is 42.0 Å². The first-order valence-corrected chi connectivity index (χ1v) is 10.5. The van der Waals surface area contributed by atoms with Crippen LogP contribution in [0.1, 0.15) is 31.1 Å². The quantitative estimate of drug-likeness (QED) is 0.781. The van der Waals surface area contributed by atoms with Crippen LogP contribution in [0, 0.1) is 0 Å². The summed E-state index contributed by atoms with van der Waals surface area (Å²) in [6.45, 7) is 5.37. The van der Waals surface area contributed by atoms with Crippen molar-refractivity contribution in [1.82, 2.24) is 4.90 Å². The van der Waals surface area contributed by atoms with Gasteiger partial charge in [-0.3, -0.25) is 9.69 Å². The number of thiophene rings is 1. The molecule has 6 heteroatoms. The maximum atomic E-state index is 13.3. The van der Waals surface area contributed by atoms with Crippen LogP contribution in [0.15, 0.2) is 35.7 Å². The molecular weight excluding hydrogens is 360 g/mol. The van der Waals surface area contributed by atoms with Crippen molar-refractivity contribution in [2.75, 3.05) is 31.2 Å². The summed E-state index contributed by atoms with van der Waals surface area (Å²) in [6, 6.07) is 10.4. The lowest BCUT2D eigenvalue weighted by Crippen LogP contribution is -2.45. The number of piperidine rings is 1. The molecule has 1 atom stereocenters. The summed E-state index contributed by atoms with van der Waals surface area (Å²) in [5.74, 6) is 1.60. The number of benzene rings is 1. The second-order valence-electron chi connectivity index (χ2n) is 7.20. The molecule has 0 aliphatic carbocycles. The average Bonchev–Trinajstić information content (AvgIpc) is 3.21. The number of carbonyl (C=O) groups is 1. The van der Waals surface area contributed by atoms with Gasteiger partial charge in [0.2, 0.25) is 5.91 Å². The number of hydrogen-bond acceptors (Lipinski definition) is 5. The highest BCUT2D eigenvalue weighted by molar-refractivity contribution is 7.09. The number of anilines is 1. The van der Waals surface area contributed by atoms with Crippen molar-refractivity contribution in [3.63, 3.8) is 0 Å². The minimum Gasteiger partial charge on any atom is -0.486 e. The van der Waals surface area contributed by atoms with Crippen LogP contribution in [0.2, 0.25) is 0 Å². The molecule has 0 saturated carbocycles. The monoisotopic (exact) mass is 386 g/mol. The molecule has 3 heterocycles. The first-order chi connectivity index (χ1) is 13.2. The maximum Gasteiger partial charge on any atom is 0.241 e. The maximum absolute atomic E-state index is 13.3. The van der Waals surface area contributed by atoms with Gasteiger partial charge >= 0.3 is 0 Å². The fourth-order valence-electron chi connectivity index (χ4n) is 3.73. The largest absolute Gasteiger partial charge is 0.486 e. The van der Waals surface area contributed by atoms with E-state index in [1.54, 1.807) is 11.3 Å². The van der Waals surface area contributed by atoms with E-state index in [4.69, 9.17) is 9.47 Å². The van der Waals surface area contributed by atoms with Gasteiger partial charge in [0.25, 0.3) is 0 Å². The van der Waals surface area contributed by atoms with Crippen molar-refractivity contribution in [2.24, 2.45) is 0 Å². The Balaban J connectivity index is 1.57. The minimum atomic E-state index is 0.133. The van der Waals surface area contributed by atoms with Crippen LogP contribution in [0.5, 0.6) is 11.5 Å². The summed E-state index contributed by atoms with van der Waals surface area (Å²) in [5, 5.41) is 2.05. The van der Waals surface area contributed by atoms with Gasteiger partial charge in [0.05, 0.1) is 13.1 Å². The predicted octanol–water partition coefficient (Wildman–Crippen LogP) is 3.93. The Hall–Kier alpha value is -2.05. The first-order valence-electron chi connectivity index (χ1n) is 9.67. The molecule has 2 aliphatic heterocycles. The van der Waals surface area contributed by atoms with Crippen molar-refractivity contribution in [3.8, 4) is 11.5 Å². The van der Waals surface area contributed by atoms with Gasteiger partial charge in [0, 0.05) is 22.7 Å². The number of amides is 1. The van der Waals surface area contributed by atoms with E-state index in [1.807, 2.05) is 29.2 Å². The number of hydrogen-bond donors (Lipinski definition) is 0. The van der Waals surface area contributed by atoms with Crippen molar-refractivity contribution in [2.45, 2.75) is 38.8 Å². The van der Waals surface area contributed by atoms with Gasteiger partial charge in [-0.1, -0.05) is 12.5 Å². The third kappa shape index (κ3) is 4.28. The number of likely N-dealkylation sites (tertiary alicyclic amines) is 1. The first kappa shape index (κ1) is 18.3. The van der Waals surface area contributed by atoms with Gasteiger partial charge in [-0.25, -0.2) is 0 Å². The SMILES string of the molecule is C[C@@H]1CCCCN1CC(=O)N(Cc1cccs1)c1ccc2c(c1)OCCO2. The van der Waals surface area contributed by atoms with Gasteiger partial charge in [0.1, 0.15) is 13.2 Å². The fraction of sp³-hybridized carbons (Fsp3) is 0.476. The van der Waals surface area contributed by atoms with E-state index in [0.29, 0.717) is 38.1 Å². The third-order valence-electron chi connectivity index (χ3n) is 5.31. The fourth-order valence-corrected chi connectivity index (χ4v) is 4.43. The summed E-state index contributed by atoms with van der Waals surface area (Å²) in [6.07, 6.45) is 3.60. The van der Waals surface area contributed by atoms with Crippen molar-refractivity contribution >= 4 is 22.9 Å². The van der Waals surface area contributed by atoms with Crippen LogP contribution in [0.25, 0.3) is 0 Å². The molecule has 1 aromatic heterocycles. The molecule has 2 aliphatic rings. The van der Waals surface area contributed by atoms with Crippen LogP contribution in [-0.4, -0.2) is 43.2 Å². The molecule has 1 aromatic carbocycles. The lowest BCUT2D eigenvalue weighted by Gasteiger charge is -2.34. The zero-order valence-corrected chi connectivity index (χ0v) is 16.5. The Morgan fingerprint density at radius 2 is 2.07 bits per heavy atom. The lowest BCUT2D eigenvalue weighted by molar-refractivity contribution is -0.120. The van der Waals surface area contributed by atoms with Crippen LogP contribution in [0.3, 0.4) is 0 Å². The number of ether oxygens (including phenoxy) is 2. The summed E-state index contributed by atoms with van der Waals surface area (Å²) < 4.78 is 11.4. The van der Waals surface area contributed by atoms with E-state index < -0.39 is 0 Å². The standard InChI is InChI=1S/C21H26N2O3S/c1-16-5-2-3-9-22(16)15-21(24)23(14-18-6-4-12-27-18)17-7-8-19-20(13-17)26-11-10-25-19/h4,6-8,12-13,16H,2-3,5,9-11,14-15H2,1H3/t16-/m1/s1. The Morgan fingerprint density at radius 3 is 2.85 bits per heavy atom. The van der Waals surface area contributed by atoms with Crippen molar-refractivity contribution in [1.29, 1.82) is 0 Å². The molecular formula is C21H26N2O3S. The molecule has 1 fully saturated rings. The van der Waals surface area contributed by atoms with Gasteiger partial charge in [-0.05, 0) is 49.9 Å². The smallest absolute Gasteiger partial charge is 0.241 e. The van der Waals surface area contributed by atoms with Crippen molar-refractivity contribution < 1.29 is 14.3 Å². The molecule has 2 aromatic rings. The molecule has 0 radical (unpaired) electrons. The van der Waals surface area contributed by atoms with E-state index in [2.05, 4.69) is 23.3 Å². The highest BCUT2D eigenvalue weighted by Gasteiger charge is 2.25. The second-order valence-corrected chi connectivity index (χ2v) is 8.23. The third-order valence-corrected chi connectivity index (χ3v) is 6.17. The van der Waals surface area contributed by atoms with Gasteiger partial charge in [0.15, 0.2) is 11.5 Å². The van der Waals surface area contributed by atoms with Gasteiger partial charge in [-0.2, -0.15) is 0 Å². The van der Waals surface area contributed by atoms with E-state index in [1.165, 1.54) is 24.1 Å². The normalized spacial score (nSPS) is 19.7. The van der Waals surface area contributed by atoms with Crippen LogP contribution in [0.4, 0.5) is 5.69 Å².